The second-order valence-electron chi connectivity index (χ2n) is 5.15. The van der Waals surface area contributed by atoms with E-state index in [4.69, 9.17) is 10.8 Å². The first kappa shape index (κ1) is 13.0. The van der Waals surface area contributed by atoms with Gasteiger partial charge in [-0.3, -0.25) is 0 Å². The van der Waals surface area contributed by atoms with Crippen molar-refractivity contribution in [2.75, 3.05) is 0 Å². The number of carbonyl (C=O) groups is 1. The van der Waals surface area contributed by atoms with E-state index < -0.39 is 17.3 Å². The fraction of sp³-hybridized carbons (Fsp3) is 0.500. The highest BCUT2D eigenvalue weighted by atomic mass is 19.1. The minimum absolute atomic E-state index is 0.0143. The van der Waals surface area contributed by atoms with E-state index in [9.17, 15) is 9.18 Å². The summed E-state index contributed by atoms with van der Waals surface area (Å²) in [5.74, 6) is -1.59. The van der Waals surface area contributed by atoms with Gasteiger partial charge in [-0.25, -0.2) is 9.18 Å². The van der Waals surface area contributed by atoms with Crippen LogP contribution in [0.5, 0.6) is 0 Å². The predicted molar refractivity (Wildman–Crippen MR) is 67.0 cm³/mol. The van der Waals surface area contributed by atoms with E-state index in [1.54, 1.807) is 0 Å². The molecular weight excluding hydrogens is 233 g/mol. The average molecular weight is 251 g/mol. The van der Waals surface area contributed by atoms with Gasteiger partial charge in [0.15, 0.2) is 0 Å². The zero-order valence-corrected chi connectivity index (χ0v) is 10.5. The Kier molecular flexibility index (Phi) is 3.39. The molecule has 1 aliphatic carbocycles. The SMILES string of the molecule is Cc1c(F)cc(C2(N)CCCCC2)cc1C(=O)O. The molecule has 0 heterocycles. The third-order valence-corrected chi connectivity index (χ3v) is 3.90. The number of aromatic carboxylic acids is 1. The van der Waals surface area contributed by atoms with Crippen molar-refractivity contribution in [3.63, 3.8) is 0 Å². The first-order valence-electron chi connectivity index (χ1n) is 6.27. The molecule has 0 aromatic heterocycles. The normalized spacial score (nSPS) is 18.6. The molecule has 0 radical (unpaired) electrons. The minimum atomic E-state index is -1.10. The summed E-state index contributed by atoms with van der Waals surface area (Å²) in [5, 5.41) is 9.09. The third-order valence-electron chi connectivity index (χ3n) is 3.90. The summed E-state index contributed by atoms with van der Waals surface area (Å²) in [4.78, 5) is 11.1. The molecule has 2 rings (SSSR count). The van der Waals surface area contributed by atoms with Crippen molar-refractivity contribution >= 4 is 5.97 Å². The van der Waals surface area contributed by atoms with Crippen LogP contribution in [0.15, 0.2) is 12.1 Å². The third kappa shape index (κ3) is 2.25. The minimum Gasteiger partial charge on any atom is -0.478 e. The van der Waals surface area contributed by atoms with Crippen LogP contribution >= 0.6 is 0 Å². The molecule has 0 saturated heterocycles. The van der Waals surface area contributed by atoms with Gasteiger partial charge in [-0.1, -0.05) is 19.3 Å². The Balaban J connectivity index is 2.48. The lowest BCUT2D eigenvalue weighted by Crippen LogP contribution is -2.39. The first-order chi connectivity index (χ1) is 8.44. The summed E-state index contributed by atoms with van der Waals surface area (Å²) in [6, 6.07) is 2.93. The highest BCUT2D eigenvalue weighted by Crippen LogP contribution is 2.36. The zero-order valence-electron chi connectivity index (χ0n) is 10.5. The Hall–Kier alpha value is -1.42. The quantitative estimate of drug-likeness (QED) is 0.849. The largest absolute Gasteiger partial charge is 0.478 e. The van der Waals surface area contributed by atoms with E-state index in [0.29, 0.717) is 5.56 Å². The molecule has 1 aromatic carbocycles. The second-order valence-corrected chi connectivity index (χ2v) is 5.15. The molecule has 3 N–H and O–H groups in total. The molecule has 1 aromatic rings. The smallest absolute Gasteiger partial charge is 0.336 e. The van der Waals surface area contributed by atoms with Gasteiger partial charge in [0.1, 0.15) is 5.82 Å². The molecule has 4 heteroatoms. The van der Waals surface area contributed by atoms with Gasteiger partial charge in [-0.2, -0.15) is 0 Å². The molecule has 1 aliphatic rings. The molecule has 1 saturated carbocycles. The highest BCUT2D eigenvalue weighted by Gasteiger charge is 2.31. The van der Waals surface area contributed by atoms with E-state index in [0.717, 1.165) is 32.1 Å². The fourth-order valence-electron chi connectivity index (χ4n) is 2.66. The summed E-state index contributed by atoms with van der Waals surface area (Å²) >= 11 is 0. The summed E-state index contributed by atoms with van der Waals surface area (Å²) in [6.07, 6.45) is 4.73. The molecule has 98 valence electrons. The summed E-state index contributed by atoms with van der Waals surface area (Å²) in [5.41, 5.74) is 6.54. The number of nitrogens with two attached hydrogens (primary N) is 1. The molecule has 0 unspecified atom stereocenters. The topological polar surface area (TPSA) is 63.3 Å². The standard InChI is InChI=1S/C14H18FNO2/c1-9-11(13(17)18)7-10(8-12(9)15)14(16)5-3-2-4-6-14/h7-8H,2-6,16H2,1H3,(H,17,18). The van der Waals surface area contributed by atoms with Crippen LogP contribution in [0.1, 0.15) is 53.6 Å². The second kappa shape index (κ2) is 4.69. The van der Waals surface area contributed by atoms with E-state index in [-0.39, 0.29) is 11.1 Å². The van der Waals surface area contributed by atoms with Crippen LogP contribution in [-0.2, 0) is 5.54 Å². The Bertz CT molecular complexity index is 479. The van der Waals surface area contributed by atoms with Crippen LogP contribution in [0.3, 0.4) is 0 Å². The van der Waals surface area contributed by atoms with Crippen molar-refractivity contribution in [1.82, 2.24) is 0 Å². The molecule has 0 atom stereocenters. The predicted octanol–water partition coefficient (Wildman–Crippen LogP) is 2.95. The van der Waals surface area contributed by atoms with Crippen LogP contribution < -0.4 is 5.73 Å². The van der Waals surface area contributed by atoms with Gasteiger partial charge in [0.2, 0.25) is 0 Å². The van der Waals surface area contributed by atoms with Crippen LogP contribution in [0.2, 0.25) is 0 Å². The Labute approximate surface area is 106 Å². The maximum atomic E-state index is 13.8. The Morgan fingerprint density at radius 3 is 2.50 bits per heavy atom. The summed E-state index contributed by atoms with van der Waals surface area (Å²) in [7, 11) is 0. The molecule has 3 nitrogen and oxygen atoms in total. The lowest BCUT2D eigenvalue weighted by Gasteiger charge is -2.34. The van der Waals surface area contributed by atoms with Gasteiger partial charge in [-0.15, -0.1) is 0 Å². The van der Waals surface area contributed by atoms with Gasteiger partial charge in [0, 0.05) is 5.54 Å². The average Bonchev–Trinajstić information content (AvgIpc) is 2.33. The molecule has 0 amide bonds. The Morgan fingerprint density at radius 1 is 1.33 bits per heavy atom. The van der Waals surface area contributed by atoms with Crippen LogP contribution in [0, 0.1) is 12.7 Å². The molecule has 18 heavy (non-hydrogen) atoms. The number of hydrogen-bond donors (Lipinski definition) is 2. The number of hydrogen-bond acceptors (Lipinski definition) is 2. The van der Waals surface area contributed by atoms with Crippen molar-refractivity contribution in [2.24, 2.45) is 5.73 Å². The first-order valence-corrected chi connectivity index (χ1v) is 6.27. The lowest BCUT2D eigenvalue weighted by atomic mass is 9.77. The fourth-order valence-corrected chi connectivity index (χ4v) is 2.66. The van der Waals surface area contributed by atoms with Crippen LogP contribution in [-0.4, -0.2) is 11.1 Å². The monoisotopic (exact) mass is 251 g/mol. The van der Waals surface area contributed by atoms with Crippen molar-refractivity contribution in [3.8, 4) is 0 Å². The molecule has 1 fully saturated rings. The van der Waals surface area contributed by atoms with Crippen molar-refractivity contribution in [1.29, 1.82) is 0 Å². The maximum absolute atomic E-state index is 13.8. The Morgan fingerprint density at radius 2 is 1.94 bits per heavy atom. The zero-order chi connectivity index (χ0) is 13.3. The van der Waals surface area contributed by atoms with Gasteiger partial charge < -0.3 is 10.8 Å². The molecule has 0 aliphatic heterocycles. The van der Waals surface area contributed by atoms with Crippen LogP contribution in [0.4, 0.5) is 4.39 Å². The van der Waals surface area contributed by atoms with Gasteiger partial charge in [0.05, 0.1) is 5.56 Å². The van der Waals surface area contributed by atoms with Crippen molar-refractivity contribution in [2.45, 2.75) is 44.6 Å². The molecular formula is C14H18FNO2. The number of carboxylic acid groups (broad SMARTS) is 1. The molecule has 0 spiro atoms. The van der Waals surface area contributed by atoms with Crippen molar-refractivity contribution < 1.29 is 14.3 Å². The van der Waals surface area contributed by atoms with E-state index in [2.05, 4.69) is 0 Å². The number of rotatable bonds is 2. The van der Waals surface area contributed by atoms with E-state index in [1.165, 1.54) is 19.1 Å². The maximum Gasteiger partial charge on any atom is 0.336 e. The number of halogens is 1. The summed E-state index contributed by atoms with van der Waals surface area (Å²) in [6.45, 7) is 1.48. The molecule has 0 bridgehead atoms. The van der Waals surface area contributed by atoms with Gasteiger partial charge in [0.25, 0.3) is 0 Å². The lowest BCUT2D eigenvalue weighted by molar-refractivity contribution is 0.0695. The van der Waals surface area contributed by atoms with Crippen LogP contribution in [0.25, 0.3) is 0 Å². The number of carboxylic acids is 1. The van der Waals surface area contributed by atoms with Gasteiger partial charge >= 0.3 is 5.97 Å². The number of benzene rings is 1. The van der Waals surface area contributed by atoms with Gasteiger partial charge in [-0.05, 0) is 43.0 Å². The summed E-state index contributed by atoms with van der Waals surface area (Å²) < 4.78 is 13.8. The highest BCUT2D eigenvalue weighted by molar-refractivity contribution is 5.89. The van der Waals surface area contributed by atoms with Crippen molar-refractivity contribution in [3.05, 3.63) is 34.6 Å². The van der Waals surface area contributed by atoms with E-state index >= 15 is 0 Å². The van der Waals surface area contributed by atoms with E-state index in [1.807, 2.05) is 0 Å².